The molecule has 0 spiro atoms. The van der Waals surface area contributed by atoms with Crippen molar-refractivity contribution in [3.63, 3.8) is 0 Å². The first kappa shape index (κ1) is 12.5. The van der Waals surface area contributed by atoms with Crippen molar-refractivity contribution in [3.8, 4) is 23.1 Å². The van der Waals surface area contributed by atoms with Crippen molar-refractivity contribution in [2.75, 3.05) is 0 Å². The number of hydrogen-bond donors (Lipinski definition) is 0. The molecule has 2 aromatic heterocycles. The monoisotopic (exact) mass is 325 g/mol. The third kappa shape index (κ3) is 2.44. The Kier molecular flexibility index (Phi) is 3.27. The highest BCUT2D eigenvalue weighted by Crippen LogP contribution is 2.18. The Morgan fingerprint density at radius 1 is 1.15 bits per heavy atom. The standard InChI is InChI=1S/C14H8BrN5/c15-11-4-5-13(17-8-11)14-9-20(19-18-14)12-3-1-2-10(6-12)7-16/h1-6,8-9H. The molecule has 0 atom stereocenters. The van der Waals surface area contributed by atoms with Gasteiger partial charge in [-0.15, -0.1) is 5.10 Å². The second-order valence-corrected chi connectivity index (χ2v) is 4.99. The predicted octanol–water partition coefficient (Wildman–Crippen LogP) is 2.96. The summed E-state index contributed by atoms with van der Waals surface area (Å²) in [5, 5.41) is 17.1. The van der Waals surface area contributed by atoms with E-state index in [1.807, 2.05) is 24.3 Å². The first-order chi connectivity index (χ1) is 9.76. The maximum absolute atomic E-state index is 8.91. The fourth-order valence-corrected chi connectivity index (χ4v) is 1.99. The van der Waals surface area contributed by atoms with Gasteiger partial charge < -0.3 is 0 Å². The highest BCUT2D eigenvalue weighted by atomic mass is 79.9. The topological polar surface area (TPSA) is 67.4 Å². The zero-order chi connectivity index (χ0) is 13.9. The molecule has 0 unspecified atom stereocenters. The van der Waals surface area contributed by atoms with Crippen molar-refractivity contribution in [1.29, 1.82) is 5.26 Å². The number of hydrogen-bond acceptors (Lipinski definition) is 4. The number of nitriles is 1. The van der Waals surface area contributed by atoms with Gasteiger partial charge in [-0.25, -0.2) is 4.68 Å². The SMILES string of the molecule is N#Cc1cccc(-n2cc(-c3ccc(Br)cn3)nn2)c1. The van der Waals surface area contributed by atoms with Gasteiger partial charge in [0, 0.05) is 10.7 Å². The van der Waals surface area contributed by atoms with E-state index in [4.69, 9.17) is 5.26 Å². The van der Waals surface area contributed by atoms with E-state index in [2.05, 4.69) is 37.3 Å². The van der Waals surface area contributed by atoms with Crippen LogP contribution in [0.3, 0.4) is 0 Å². The molecule has 6 heteroatoms. The number of benzene rings is 1. The average molecular weight is 326 g/mol. The molecule has 0 aliphatic heterocycles. The fraction of sp³-hybridized carbons (Fsp3) is 0. The van der Waals surface area contributed by atoms with Gasteiger partial charge in [0.1, 0.15) is 5.69 Å². The van der Waals surface area contributed by atoms with Gasteiger partial charge in [0.15, 0.2) is 0 Å². The summed E-state index contributed by atoms with van der Waals surface area (Å²) in [6, 6.07) is 13.1. The van der Waals surface area contributed by atoms with E-state index in [9.17, 15) is 0 Å². The summed E-state index contributed by atoms with van der Waals surface area (Å²) in [5.41, 5.74) is 2.80. The molecule has 0 saturated carbocycles. The van der Waals surface area contributed by atoms with Gasteiger partial charge in [0.05, 0.1) is 29.2 Å². The zero-order valence-electron chi connectivity index (χ0n) is 10.2. The Labute approximate surface area is 123 Å². The lowest BCUT2D eigenvalue weighted by Crippen LogP contribution is -1.94. The predicted molar refractivity (Wildman–Crippen MR) is 77.0 cm³/mol. The van der Waals surface area contributed by atoms with Gasteiger partial charge >= 0.3 is 0 Å². The van der Waals surface area contributed by atoms with Crippen molar-refractivity contribution >= 4 is 15.9 Å². The number of halogens is 1. The van der Waals surface area contributed by atoms with Crippen LogP contribution in [-0.2, 0) is 0 Å². The molecule has 3 aromatic rings. The Morgan fingerprint density at radius 2 is 2.05 bits per heavy atom. The smallest absolute Gasteiger partial charge is 0.131 e. The van der Waals surface area contributed by atoms with Crippen LogP contribution in [0.5, 0.6) is 0 Å². The van der Waals surface area contributed by atoms with E-state index >= 15 is 0 Å². The summed E-state index contributed by atoms with van der Waals surface area (Å²) in [6.45, 7) is 0. The maximum atomic E-state index is 8.91. The molecular formula is C14H8BrN5. The van der Waals surface area contributed by atoms with E-state index in [0.29, 0.717) is 11.3 Å². The minimum Gasteiger partial charge on any atom is -0.253 e. The molecule has 3 rings (SSSR count). The van der Waals surface area contributed by atoms with Gasteiger partial charge in [-0.2, -0.15) is 5.26 Å². The van der Waals surface area contributed by atoms with E-state index in [0.717, 1.165) is 15.9 Å². The van der Waals surface area contributed by atoms with Crippen LogP contribution in [0.4, 0.5) is 0 Å². The quantitative estimate of drug-likeness (QED) is 0.726. The molecule has 2 heterocycles. The lowest BCUT2D eigenvalue weighted by molar-refractivity contribution is 0.803. The lowest BCUT2D eigenvalue weighted by Gasteiger charge is -1.99. The second-order valence-electron chi connectivity index (χ2n) is 4.07. The Bertz CT molecular complexity index is 786. The number of nitrogens with zero attached hydrogens (tertiary/aromatic N) is 5. The highest BCUT2D eigenvalue weighted by molar-refractivity contribution is 9.10. The summed E-state index contributed by atoms with van der Waals surface area (Å²) in [5.74, 6) is 0. The third-order valence-electron chi connectivity index (χ3n) is 2.72. The zero-order valence-corrected chi connectivity index (χ0v) is 11.8. The molecule has 0 aliphatic rings. The van der Waals surface area contributed by atoms with Crippen molar-refractivity contribution in [2.45, 2.75) is 0 Å². The van der Waals surface area contributed by atoms with Gasteiger partial charge in [-0.3, -0.25) is 4.98 Å². The number of aromatic nitrogens is 4. The number of pyridine rings is 1. The van der Waals surface area contributed by atoms with Crippen LogP contribution in [0.1, 0.15) is 5.56 Å². The van der Waals surface area contributed by atoms with E-state index in [-0.39, 0.29) is 0 Å². The molecule has 20 heavy (non-hydrogen) atoms. The minimum absolute atomic E-state index is 0.585. The van der Waals surface area contributed by atoms with E-state index < -0.39 is 0 Å². The van der Waals surface area contributed by atoms with Crippen molar-refractivity contribution in [2.24, 2.45) is 0 Å². The van der Waals surface area contributed by atoms with Crippen molar-refractivity contribution in [1.82, 2.24) is 20.0 Å². The molecule has 0 radical (unpaired) electrons. The summed E-state index contributed by atoms with van der Waals surface area (Å²) in [4.78, 5) is 4.27. The van der Waals surface area contributed by atoms with Gasteiger partial charge in [-0.1, -0.05) is 11.3 Å². The normalized spacial score (nSPS) is 10.2. The van der Waals surface area contributed by atoms with Gasteiger partial charge in [0.2, 0.25) is 0 Å². The molecule has 0 bridgehead atoms. The minimum atomic E-state index is 0.585. The summed E-state index contributed by atoms with van der Waals surface area (Å²) < 4.78 is 2.54. The molecule has 5 nitrogen and oxygen atoms in total. The molecule has 0 saturated heterocycles. The lowest BCUT2D eigenvalue weighted by atomic mass is 10.2. The highest BCUT2D eigenvalue weighted by Gasteiger charge is 2.06. The van der Waals surface area contributed by atoms with Crippen LogP contribution in [0.2, 0.25) is 0 Å². The second kappa shape index (κ2) is 5.23. The molecule has 0 N–H and O–H groups in total. The Morgan fingerprint density at radius 3 is 2.80 bits per heavy atom. The van der Waals surface area contributed by atoms with Gasteiger partial charge in [-0.05, 0) is 46.3 Å². The molecular weight excluding hydrogens is 318 g/mol. The molecule has 0 fully saturated rings. The Balaban J connectivity index is 1.97. The summed E-state index contributed by atoms with van der Waals surface area (Å²) >= 11 is 3.34. The first-order valence-electron chi connectivity index (χ1n) is 5.81. The Hall–Kier alpha value is -2.52. The van der Waals surface area contributed by atoms with Crippen LogP contribution in [0.25, 0.3) is 17.1 Å². The average Bonchev–Trinajstić information content (AvgIpc) is 2.98. The molecule has 0 aliphatic carbocycles. The number of rotatable bonds is 2. The van der Waals surface area contributed by atoms with Crippen LogP contribution >= 0.6 is 15.9 Å². The fourth-order valence-electron chi connectivity index (χ4n) is 1.75. The largest absolute Gasteiger partial charge is 0.253 e. The third-order valence-corrected chi connectivity index (χ3v) is 3.19. The molecule has 96 valence electrons. The maximum Gasteiger partial charge on any atom is 0.131 e. The van der Waals surface area contributed by atoms with Crippen molar-refractivity contribution in [3.05, 3.63) is 58.8 Å². The molecule has 0 amide bonds. The summed E-state index contributed by atoms with van der Waals surface area (Å²) in [7, 11) is 0. The van der Waals surface area contributed by atoms with Crippen LogP contribution in [-0.4, -0.2) is 20.0 Å². The molecule has 1 aromatic carbocycles. The van der Waals surface area contributed by atoms with E-state index in [1.54, 1.807) is 29.2 Å². The van der Waals surface area contributed by atoms with Crippen LogP contribution < -0.4 is 0 Å². The van der Waals surface area contributed by atoms with Gasteiger partial charge in [0.25, 0.3) is 0 Å². The van der Waals surface area contributed by atoms with E-state index in [1.165, 1.54) is 0 Å². The first-order valence-corrected chi connectivity index (χ1v) is 6.60. The van der Waals surface area contributed by atoms with Crippen LogP contribution in [0.15, 0.2) is 53.3 Å². The van der Waals surface area contributed by atoms with Crippen LogP contribution in [0, 0.1) is 11.3 Å². The van der Waals surface area contributed by atoms with Crippen molar-refractivity contribution < 1.29 is 0 Å². The summed E-state index contributed by atoms with van der Waals surface area (Å²) in [6.07, 6.45) is 3.50.